The van der Waals surface area contributed by atoms with Crippen LogP contribution in [-0.4, -0.2) is 9.55 Å². The number of benzene rings is 8. The average molecular weight is 705 g/mol. The van der Waals surface area contributed by atoms with Crippen molar-refractivity contribution in [2.45, 2.75) is 9.79 Å². The van der Waals surface area contributed by atoms with E-state index in [0.29, 0.717) is 0 Å². The maximum atomic E-state index is 5.12. The predicted molar refractivity (Wildman–Crippen MR) is 227 cm³/mol. The van der Waals surface area contributed by atoms with Crippen molar-refractivity contribution < 1.29 is 0 Å². The number of fused-ring (bicyclic) bond motifs is 5. The van der Waals surface area contributed by atoms with Crippen LogP contribution >= 0.6 is 11.8 Å². The summed E-state index contributed by atoms with van der Waals surface area (Å²) in [7, 11) is 0. The third kappa shape index (κ3) is 5.08. The fourth-order valence-corrected chi connectivity index (χ4v) is 9.34. The lowest BCUT2D eigenvalue weighted by molar-refractivity contribution is 1.18. The lowest BCUT2D eigenvalue weighted by Crippen LogP contribution is -1.95. The van der Waals surface area contributed by atoms with E-state index in [1.165, 1.54) is 64.6 Å². The van der Waals surface area contributed by atoms with Crippen LogP contribution in [0.3, 0.4) is 0 Å². The number of hydrogen-bond acceptors (Lipinski definition) is 2. The van der Waals surface area contributed by atoms with E-state index < -0.39 is 0 Å². The van der Waals surface area contributed by atoms with Gasteiger partial charge in [0.05, 0.1) is 22.4 Å². The Morgan fingerprint density at radius 2 is 1.00 bits per heavy atom. The number of hydrogen-bond donors (Lipinski definition) is 0. The first-order valence-electron chi connectivity index (χ1n) is 18.4. The molecule has 0 fully saturated rings. The maximum absolute atomic E-state index is 5.12. The highest BCUT2D eigenvalue weighted by molar-refractivity contribution is 7.99. The van der Waals surface area contributed by atoms with Crippen molar-refractivity contribution in [1.29, 1.82) is 0 Å². The molecular formula is C51H32N2S. The summed E-state index contributed by atoms with van der Waals surface area (Å²) in [4.78, 5) is 7.76. The molecule has 3 heteroatoms. The van der Waals surface area contributed by atoms with Crippen molar-refractivity contribution in [1.82, 2.24) is 9.55 Å². The molecule has 1 aliphatic rings. The first kappa shape index (κ1) is 30.9. The van der Waals surface area contributed by atoms with Gasteiger partial charge in [0.15, 0.2) is 0 Å². The van der Waals surface area contributed by atoms with Crippen LogP contribution in [0, 0.1) is 0 Å². The third-order valence-corrected chi connectivity index (χ3v) is 11.9. The Labute approximate surface area is 318 Å². The first-order chi connectivity index (χ1) is 26.7. The highest BCUT2D eigenvalue weighted by Gasteiger charge is 2.20. The minimum atomic E-state index is 0.961. The van der Waals surface area contributed by atoms with E-state index in [9.17, 15) is 0 Å². The summed E-state index contributed by atoms with van der Waals surface area (Å²) >= 11 is 1.88. The zero-order valence-electron chi connectivity index (χ0n) is 29.3. The van der Waals surface area contributed by atoms with Crippen molar-refractivity contribution >= 4 is 44.3 Å². The van der Waals surface area contributed by atoms with Gasteiger partial charge in [0.2, 0.25) is 0 Å². The van der Waals surface area contributed by atoms with Crippen molar-refractivity contribution in [3.63, 3.8) is 0 Å². The zero-order valence-corrected chi connectivity index (χ0v) is 30.1. The van der Waals surface area contributed by atoms with Gasteiger partial charge in [-0.05, 0) is 99.4 Å². The molecule has 0 spiro atoms. The van der Waals surface area contributed by atoms with E-state index in [4.69, 9.17) is 4.98 Å². The summed E-state index contributed by atoms with van der Waals surface area (Å²) in [5, 5.41) is 5.14. The van der Waals surface area contributed by atoms with E-state index in [1.54, 1.807) is 0 Å². The van der Waals surface area contributed by atoms with Crippen LogP contribution in [0.1, 0.15) is 0 Å². The second-order valence-corrected chi connectivity index (χ2v) is 15.0. The van der Waals surface area contributed by atoms with Gasteiger partial charge in [-0.15, -0.1) is 0 Å². The molecule has 1 aliphatic heterocycles. The minimum absolute atomic E-state index is 0.961. The van der Waals surface area contributed by atoms with Gasteiger partial charge >= 0.3 is 0 Å². The van der Waals surface area contributed by atoms with Crippen molar-refractivity contribution in [3.8, 4) is 61.6 Å². The van der Waals surface area contributed by atoms with Gasteiger partial charge in [-0.1, -0.05) is 145 Å². The third-order valence-electron chi connectivity index (χ3n) is 10.8. The second kappa shape index (κ2) is 12.5. The molecule has 0 bridgehead atoms. The minimum Gasteiger partial charge on any atom is -0.309 e. The summed E-state index contributed by atoms with van der Waals surface area (Å²) in [6.07, 6.45) is 0. The van der Waals surface area contributed by atoms with E-state index in [0.717, 1.165) is 39.3 Å². The quantitative estimate of drug-likeness (QED) is 0.177. The van der Waals surface area contributed by atoms with Crippen molar-refractivity contribution in [2.75, 3.05) is 0 Å². The van der Waals surface area contributed by atoms with Crippen LogP contribution in [0.2, 0.25) is 0 Å². The molecule has 3 heterocycles. The molecule has 0 saturated heterocycles. The number of nitrogens with zero attached hydrogens (tertiary/aromatic N) is 2. The highest BCUT2D eigenvalue weighted by atomic mass is 32.2. The molecule has 11 rings (SSSR count). The lowest BCUT2D eigenvalue weighted by atomic mass is 9.94. The van der Waals surface area contributed by atoms with Crippen LogP contribution in [0.15, 0.2) is 204 Å². The van der Waals surface area contributed by atoms with E-state index >= 15 is 0 Å². The standard InChI is InChI=1S/C51H32N2S/c1-3-12-33(13-4-1)45-31-39(32-46(52-45)34-14-5-2-6-15-34)36-18-9-19-40(28-36)53-47-22-8-7-20-41(47)43-29-37(24-26-48(43)53)38-25-27-49-44(30-38)42-21-10-16-35-17-11-23-50(54-49)51(35)42/h1-32H. The summed E-state index contributed by atoms with van der Waals surface area (Å²) in [5.74, 6) is 0. The largest absolute Gasteiger partial charge is 0.309 e. The van der Waals surface area contributed by atoms with Gasteiger partial charge < -0.3 is 4.57 Å². The molecular weight excluding hydrogens is 673 g/mol. The molecule has 0 aliphatic carbocycles. The molecule has 0 saturated carbocycles. The Hall–Kier alpha value is -6.68. The van der Waals surface area contributed by atoms with Crippen LogP contribution < -0.4 is 0 Å². The van der Waals surface area contributed by atoms with Gasteiger partial charge in [-0.2, -0.15) is 0 Å². The molecule has 54 heavy (non-hydrogen) atoms. The Morgan fingerprint density at radius 3 is 1.80 bits per heavy atom. The average Bonchev–Trinajstić information content (AvgIpc) is 3.58. The van der Waals surface area contributed by atoms with Crippen molar-refractivity contribution in [3.05, 3.63) is 194 Å². The maximum Gasteiger partial charge on any atom is 0.0715 e. The van der Waals surface area contributed by atoms with Gasteiger partial charge in [-0.3, -0.25) is 0 Å². The second-order valence-electron chi connectivity index (χ2n) is 14.0. The van der Waals surface area contributed by atoms with E-state index in [2.05, 4.69) is 199 Å². The monoisotopic (exact) mass is 704 g/mol. The number of rotatable bonds is 5. The molecule has 2 aromatic heterocycles. The summed E-state index contributed by atoms with van der Waals surface area (Å²) < 4.78 is 2.41. The molecule has 0 unspecified atom stereocenters. The van der Waals surface area contributed by atoms with Crippen LogP contribution in [0.25, 0.3) is 94.2 Å². The van der Waals surface area contributed by atoms with Gasteiger partial charge in [-0.25, -0.2) is 4.98 Å². The Balaban J connectivity index is 1.04. The van der Waals surface area contributed by atoms with Crippen LogP contribution in [0.5, 0.6) is 0 Å². The molecule has 0 N–H and O–H groups in total. The molecule has 8 aromatic carbocycles. The van der Waals surface area contributed by atoms with Gasteiger partial charge in [0.1, 0.15) is 0 Å². The molecule has 0 atom stereocenters. The van der Waals surface area contributed by atoms with Crippen molar-refractivity contribution in [2.24, 2.45) is 0 Å². The smallest absolute Gasteiger partial charge is 0.0715 e. The van der Waals surface area contributed by atoms with Gasteiger partial charge in [0.25, 0.3) is 0 Å². The zero-order chi connectivity index (χ0) is 35.6. The lowest BCUT2D eigenvalue weighted by Gasteiger charge is -2.21. The Kier molecular flexibility index (Phi) is 7.14. The highest BCUT2D eigenvalue weighted by Crippen LogP contribution is 2.49. The molecule has 252 valence electrons. The number of aromatic nitrogens is 2. The fourth-order valence-electron chi connectivity index (χ4n) is 8.21. The summed E-state index contributed by atoms with van der Waals surface area (Å²) in [5.41, 5.74) is 15.0. The number of pyridine rings is 1. The predicted octanol–water partition coefficient (Wildman–Crippen LogP) is 14.1. The number of para-hydroxylation sites is 1. The fraction of sp³-hybridized carbons (Fsp3) is 0. The normalized spacial score (nSPS) is 12.0. The van der Waals surface area contributed by atoms with Gasteiger partial charge in [0, 0.05) is 42.8 Å². The first-order valence-corrected chi connectivity index (χ1v) is 19.2. The molecule has 0 radical (unpaired) electrons. The SMILES string of the molecule is c1ccc(-c2cc(-c3cccc(-n4c5ccccc5c5cc(-c6ccc7c(c6)-c6cccc8cccc(c68)S7)ccc54)c3)cc(-c3ccccc3)n2)cc1. The summed E-state index contributed by atoms with van der Waals surface area (Å²) in [6.45, 7) is 0. The van der Waals surface area contributed by atoms with E-state index in [-0.39, 0.29) is 0 Å². The van der Waals surface area contributed by atoms with E-state index in [1.807, 2.05) is 11.8 Å². The Bertz CT molecular complexity index is 3010. The molecule has 2 nitrogen and oxygen atoms in total. The molecule has 10 aromatic rings. The Morgan fingerprint density at radius 1 is 0.370 bits per heavy atom. The van der Waals surface area contributed by atoms with Crippen LogP contribution in [-0.2, 0) is 0 Å². The molecule has 0 amide bonds. The topological polar surface area (TPSA) is 17.8 Å². The van der Waals surface area contributed by atoms with Crippen LogP contribution in [0.4, 0.5) is 0 Å². The summed E-state index contributed by atoms with van der Waals surface area (Å²) in [6, 6.07) is 70.3.